The Balaban J connectivity index is 3.25. The van der Waals surface area contributed by atoms with Crippen molar-refractivity contribution in [3.8, 4) is 0 Å². The van der Waals surface area contributed by atoms with Crippen LogP contribution in [0.25, 0.3) is 0 Å². The Morgan fingerprint density at radius 3 is 2.37 bits per heavy atom. The number of nitrogens with two attached hydrogens (primary N) is 1. The van der Waals surface area contributed by atoms with E-state index in [1.807, 2.05) is 4.14 Å². The summed E-state index contributed by atoms with van der Waals surface area (Å²) in [5, 5.41) is 8.76. The summed E-state index contributed by atoms with van der Waals surface area (Å²) in [6.07, 6.45) is 4.51. The second kappa shape index (κ2) is 5.92. The van der Waals surface area contributed by atoms with Gasteiger partial charge in [-0.15, -0.1) is 0 Å². The fourth-order valence-corrected chi connectivity index (χ4v) is 6.18. The van der Waals surface area contributed by atoms with Crippen molar-refractivity contribution in [2.45, 2.75) is 70.6 Å². The van der Waals surface area contributed by atoms with Crippen LogP contribution in [0.4, 0.5) is 0 Å². The lowest BCUT2D eigenvalue weighted by molar-refractivity contribution is 0.192. The van der Waals surface area contributed by atoms with Crippen LogP contribution in [0, 0.1) is 22.2 Å². The van der Waals surface area contributed by atoms with Gasteiger partial charge in [-0.05, 0) is 36.0 Å². The van der Waals surface area contributed by atoms with Gasteiger partial charge in [0.2, 0.25) is 0 Å². The smallest absolute Gasteiger partial charge is 0.0605 e. The first-order chi connectivity index (χ1) is 8.60. The molecule has 1 aliphatic rings. The second-order valence-electron chi connectivity index (χ2n) is 7.56. The summed E-state index contributed by atoms with van der Waals surface area (Å²) in [5.74, 6) is 0.644. The Kier molecular flexibility index (Phi) is 5.39. The highest BCUT2D eigenvalue weighted by Gasteiger charge is 2.48. The number of hydrogen-bond acceptors (Lipinski definition) is 2. The van der Waals surface area contributed by atoms with Crippen LogP contribution >= 0.6 is 20.7 Å². The molecule has 0 heterocycles. The number of hydrogen-bond donors (Lipinski definition) is 2. The minimum atomic E-state index is -0.266. The molecule has 1 fully saturated rings. The predicted octanol–water partition coefficient (Wildman–Crippen LogP) is 4.72. The molecule has 3 N–H and O–H groups in total. The average molecular weight is 378 g/mol. The van der Waals surface area contributed by atoms with Crippen LogP contribution in [0.15, 0.2) is 0 Å². The maximum absolute atomic E-state index is 8.76. The van der Waals surface area contributed by atoms with Gasteiger partial charge in [0.1, 0.15) is 0 Å². The molecule has 1 saturated carbocycles. The third-order valence-electron chi connectivity index (χ3n) is 5.08. The summed E-state index contributed by atoms with van der Waals surface area (Å²) >= 11 is -0.266. The first-order valence-corrected chi connectivity index (χ1v) is 9.69. The Labute approximate surface area is 129 Å². The first kappa shape index (κ1) is 17.3. The molecule has 0 aromatic heterocycles. The molecular formula is C16H31IN2. The summed E-state index contributed by atoms with van der Waals surface area (Å²) in [5.41, 5.74) is 7.29. The van der Waals surface area contributed by atoms with Gasteiger partial charge < -0.3 is 11.1 Å². The normalized spacial score (nSPS) is 33.0. The van der Waals surface area contributed by atoms with E-state index in [-0.39, 0.29) is 29.6 Å². The molecule has 0 aromatic carbocycles. The highest BCUT2D eigenvalue weighted by molar-refractivity contribution is 14.2. The standard InChI is InChI=1S/C16H31IN2/c1-7-12-10-13(19)16(17-11-18,14(2,3)4)9-8-15(12,5)6/h11-12,19H,7-10,18H2,1-6H3. The highest BCUT2D eigenvalue weighted by atomic mass is 127. The van der Waals surface area contributed by atoms with Crippen molar-refractivity contribution in [1.82, 2.24) is 0 Å². The van der Waals surface area contributed by atoms with Crippen molar-refractivity contribution >= 4 is 30.6 Å². The third kappa shape index (κ3) is 3.29. The van der Waals surface area contributed by atoms with E-state index in [4.69, 9.17) is 11.1 Å². The van der Waals surface area contributed by atoms with Gasteiger partial charge in [0, 0.05) is 9.85 Å². The highest BCUT2D eigenvalue weighted by Crippen LogP contribution is 2.53. The Hall–Kier alpha value is 0.230. The summed E-state index contributed by atoms with van der Waals surface area (Å²) in [6.45, 7) is 13.9. The molecule has 0 saturated heterocycles. The van der Waals surface area contributed by atoms with Crippen molar-refractivity contribution < 1.29 is 0 Å². The molecular weight excluding hydrogens is 347 g/mol. The lowest BCUT2D eigenvalue weighted by atomic mass is 9.73. The van der Waals surface area contributed by atoms with E-state index in [0.29, 0.717) is 11.3 Å². The van der Waals surface area contributed by atoms with Crippen LogP contribution in [0.5, 0.6) is 0 Å². The van der Waals surface area contributed by atoms with Gasteiger partial charge in [0.05, 0.1) is 3.42 Å². The van der Waals surface area contributed by atoms with Crippen molar-refractivity contribution in [1.29, 1.82) is 5.41 Å². The molecule has 1 aliphatic carbocycles. The van der Waals surface area contributed by atoms with Gasteiger partial charge in [-0.3, -0.25) is 0 Å². The van der Waals surface area contributed by atoms with E-state index >= 15 is 0 Å². The quantitative estimate of drug-likeness (QED) is 0.408. The zero-order chi connectivity index (χ0) is 14.9. The number of nitrogens with one attached hydrogen (secondary N) is 1. The van der Waals surface area contributed by atoms with Crippen LogP contribution in [-0.2, 0) is 0 Å². The van der Waals surface area contributed by atoms with Crippen molar-refractivity contribution in [3.63, 3.8) is 0 Å². The molecule has 0 aliphatic heterocycles. The largest absolute Gasteiger partial charge is 0.308 e. The first-order valence-electron chi connectivity index (χ1n) is 7.36. The summed E-state index contributed by atoms with van der Waals surface area (Å²) in [4.78, 5) is 0. The SMILES string of the molecule is CCC1CC(=N)C(I=CN)(C(C)(C)C)CCC1(C)C. The third-order valence-corrected chi connectivity index (χ3v) is 9.31. The summed E-state index contributed by atoms with van der Waals surface area (Å²) in [6, 6.07) is 0. The molecule has 0 amide bonds. The second-order valence-corrected chi connectivity index (χ2v) is 10.7. The van der Waals surface area contributed by atoms with Crippen LogP contribution in [0.1, 0.15) is 67.2 Å². The van der Waals surface area contributed by atoms with Gasteiger partial charge in [-0.2, -0.15) is 0 Å². The monoisotopic (exact) mass is 378 g/mol. The summed E-state index contributed by atoms with van der Waals surface area (Å²) in [7, 11) is 0. The average Bonchev–Trinajstić information content (AvgIpc) is 2.37. The van der Waals surface area contributed by atoms with Crippen molar-refractivity contribution in [2.75, 3.05) is 0 Å². The minimum absolute atomic E-state index is 0.0574. The maximum atomic E-state index is 8.76. The van der Waals surface area contributed by atoms with E-state index in [1.54, 1.807) is 0 Å². The molecule has 2 nitrogen and oxygen atoms in total. The fraction of sp³-hybridized carbons (Fsp3) is 0.875. The predicted molar refractivity (Wildman–Crippen MR) is 95.6 cm³/mol. The van der Waals surface area contributed by atoms with Crippen LogP contribution in [0.3, 0.4) is 0 Å². The van der Waals surface area contributed by atoms with E-state index in [1.165, 1.54) is 12.8 Å². The maximum Gasteiger partial charge on any atom is 0.0605 e. The van der Waals surface area contributed by atoms with Crippen LogP contribution < -0.4 is 5.73 Å². The number of alkyl halides is 1. The van der Waals surface area contributed by atoms with E-state index in [9.17, 15) is 0 Å². The zero-order valence-corrected chi connectivity index (χ0v) is 15.6. The molecule has 3 heteroatoms. The minimum Gasteiger partial charge on any atom is -0.308 e. The molecule has 2 atom stereocenters. The Morgan fingerprint density at radius 1 is 1.37 bits per heavy atom. The molecule has 0 aromatic rings. The van der Waals surface area contributed by atoms with E-state index in [0.717, 1.165) is 18.6 Å². The molecule has 0 bridgehead atoms. The topological polar surface area (TPSA) is 49.9 Å². The zero-order valence-electron chi connectivity index (χ0n) is 13.4. The van der Waals surface area contributed by atoms with E-state index < -0.39 is 0 Å². The van der Waals surface area contributed by atoms with Crippen molar-refractivity contribution in [2.24, 2.45) is 22.5 Å². The molecule has 0 spiro atoms. The van der Waals surface area contributed by atoms with Gasteiger partial charge in [-0.1, -0.05) is 68.7 Å². The lowest BCUT2D eigenvalue weighted by Gasteiger charge is -2.42. The molecule has 2 unspecified atom stereocenters. The summed E-state index contributed by atoms with van der Waals surface area (Å²) < 4.78 is 1.94. The fourth-order valence-electron chi connectivity index (χ4n) is 3.45. The molecule has 1 rings (SSSR count). The Morgan fingerprint density at radius 2 is 1.95 bits per heavy atom. The lowest BCUT2D eigenvalue weighted by Crippen LogP contribution is -2.44. The number of halogens is 1. The van der Waals surface area contributed by atoms with Gasteiger partial charge >= 0.3 is 0 Å². The van der Waals surface area contributed by atoms with Crippen LogP contribution in [-0.4, -0.2) is 13.3 Å². The Bertz CT molecular complexity index is 365. The van der Waals surface area contributed by atoms with Crippen molar-refractivity contribution in [3.05, 3.63) is 0 Å². The van der Waals surface area contributed by atoms with Gasteiger partial charge in [0.15, 0.2) is 0 Å². The molecule has 0 radical (unpaired) electrons. The van der Waals surface area contributed by atoms with Gasteiger partial charge in [-0.25, -0.2) is 0 Å². The van der Waals surface area contributed by atoms with E-state index in [2.05, 4.69) is 41.5 Å². The molecule has 19 heavy (non-hydrogen) atoms. The van der Waals surface area contributed by atoms with Crippen LogP contribution in [0.2, 0.25) is 0 Å². The number of rotatable bonds is 2. The van der Waals surface area contributed by atoms with Gasteiger partial charge in [0.25, 0.3) is 0 Å². The molecule has 112 valence electrons.